The first-order valence-corrected chi connectivity index (χ1v) is 10.8. The SMILES string of the molecule is CC.Cc1nccnc1N1CCc2c(cc(N(C)C)nc2Nc2ccc(C(F)(F)F)nc2)C1. The van der Waals surface area contributed by atoms with Crippen LogP contribution in [0.5, 0.6) is 0 Å². The molecule has 0 amide bonds. The average molecular weight is 460 g/mol. The number of nitrogens with zero attached hydrogens (tertiary/aromatic N) is 6. The molecule has 1 N–H and O–H groups in total. The molecule has 0 bridgehead atoms. The van der Waals surface area contributed by atoms with Crippen LogP contribution in [0.15, 0.2) is 36.8 Å². The van der Waals surface area contributed by atoms with E-state index in [1.807, 2.05) is 45.8 Å². The van der Waals surface area contributed by atoms with Crippen LogP contribution in [0.1, 0.15) is 36.4 Å². The number of fused-ring (bicyclic) bond motifs is 1. The molecule has 3 aromatic rings. The van der Waals surface area contributed by atoms with Gasteiger partial charge in [0.1, 0.15) is 23.1 Å². The Morgan fingerprint density at radius 3 is 2.39 bits per heavy atom. The monoisotopic (exact) mass is 459 g/mol. The first kappa shape index (κ1) is 24.2. The van der Waals surface area contributed by atoms with E-state index >= 15 is 0 Å². The number of pyridine rings is 2. The lowest BCUT2D eigenvalue weighted by molar-refractivity contribution is -0.141. The highest BCUT2D eigenvalue weighted by atomic mass is 19.4. The Bertz CT molecular complexity index is 1080. The maximum Gasteiger partial charge on any atom is 0.433 e. The van der Waals surface area contributed by atoms with E-state index in [-0.39, 0.29) is 0 Å². The summed E-state index contributed by atoms with van der Waals surface area (Å²) in [6.07, 6.45) is 0.771. The number of nitrogens with one attached hydrogen (secondary N) is 1. The van der Waals surface area contributed by atoms with Crippen molar-refractivity contribution in [2.24, 2.45) is 0 Å². The lowest BCUT2D eigenvalue weighted by Gasteiger charge is -2.32. The molecule has 0 radical (unpaired) electrons. The van der Waals surface area contributed by atoms with Gasteiger partial charge in [-0.1, -0.05) is 13.8 Å². The van der Waals surface area contributed by atoms with Gasteiger partial charge in [0.05, 0.1) is 17.6 Å². The van der Waals surface area contributed by atoms with Crippen molar-refractivity contribution >= 4 is 23.1 Å². The van der Waals surface area contributed by atoms with Crippen molar-refractivity contribution in [3.63, 3.8) is 0 Å². The van der Waals surface area contributed by atoms with Crippen molar-refractivity contribution < 1.29 is 13.2 Å². The summed E-state index contributed by atoms with van der Waals surface area (Å²) in [6.45, 7) is 7.30. The molecule has 176 valence electrons. The van der Waals surface area contributed by atoms with Crippen molar-refractivity contribution in [3.05, 3.63) is 59.3 Å². The largest absolute Gasteiger partial charge is 0.433 e. The van der Waals surface area contributed by atoms with E-state index in [1.165, 1.54) is 12.3 Å². The van der Waals surface area contributed by atoms with Gasteiger partial charge >= 0.3 is 6.18 Å². The number of halogens is 3. The van der Waals surface area contributed by atoms with Crippen LogP contribution in [0.3, 0.4) is 0 Å². The zero-order valence-corrected chi connectivity index (χ0v) is 19.4. The molecule has 0 aliphatic carbocycles. The van der Waals surface area contributed by atoms with Gasteiger partial charge in [-0.15, -0.1) is 0 Å². The predicted molar refractivity (Wildman–Crippen MR) is 124 cm³/mol. The third kappa shape index (κ3) is 5.50. The van der Waals surface area contributed by atoms with Crippen molar-refractivity contribution in [1.29, 1.82) is 0 Å². The molecule has 0 saturated heterocycles. The molecule has 0 fully saturated rings. The summed E-state index contributed by atoms with van der Waals surface area (Å²) in [5.41, 5.74) is 2.50. The van der Waals surface area contributed by atoms with Gasteiger partial charge in [0, 0.05) is 45.1 Å². The fourth-order valence-corrected chi connectivity index (χ4v) is 3.56. The second kappa shape index (κ2) is 10.0. The second-order valence-electron chi connectivity index (χ2n) is 7.55. The second-order valence-corrected chi connectivity index (χ2v) is 7.55. The number of anilines is 4. The van der Waals surface area contributed by atoms with Crippen LogP contribution in [-0.2, 0) is 19.1 Å². The van der Waals surface area contributed by atoms with Crippen molar-refractivity contribution in [3.8, 4) is 0 Å². The van der Waals surface area contributed by atoms with Crippen LogP contribution < -0.4 is 15.1 Å². The summed E-state index contributed by atoms with van der Waals surface area (Å²) in [5, 5.41) is 3.16. The van der Waals surface area contributed by atoms with Crippen LogP contribution in [-0.4, -0.2) is 40.6 Å². The third-order valence-electron chi connectivity index (χ3n) is 5.13. The van der Waals surface area contributed by atoms with Crippen molar-refractivity contribution in [1.82, 2.24) is 19.9 Å². The molecular weight excluding hydrogens is 431 g/mol. The van der Waals surface area contributed by atoms with Crippen LogP contribution in [0.2, 0.25) is 0 Å². The van der Waals surface area contributed by atoms with E-state index in [2.05, 4.69) is 30.2 Å². The van der Waals surface area contributed by atoms with Crippen molar-refractivity contribution in [2.45, 2.75) is 39.9 Å². The van der Waals surface area contributed by atoms with Crippen LogP contribution >= 0.6 is 0 Å². The van der Waals surface area contributed by atoms with Gasteiger partial charge in [-0.05, 0) is 37.1 Å². The summed E-state index contributed by atoms with van der Waals surface area (Å²) in [5.74, 6) is 2.22. The summed E-state index contributed by atoms with van der Waals surface area (Å²) >= 11 is 0. The summed E-state index contributed by atoms with van der Waals surface area (Å²) in [6, 6.07) is 4.36. The highest BCUT2D eigenvalue weighted by molar-refractivity contribution is 5.65. The summed E-state index contributed by atoms with van der Waals surface area (Å²) < 4.78 is 38.4. The van der Waals surface area contributed by atoms with E-state index in [0.717, 1.165) is 41.1 Å². The Morgan fingerprint density at radius 1 is 1.06 bits per heavy atom. The zero-order valence-electron chi connectivity index (χ0n) is 19.4. The van der Waals surface area contributed by atoms with Crippen LogP contribution in [0, 0.1) is 6.92 Å². The summed E-state index contributed by atoms with van der Waals surface area (Å²) in [7, 11) is 3.79. The van der Waals surface area contributed by atoms with Gasteiger partial charge in [0.15, 0.2) is 0 Å². The molecule has 1 aliphatic rings. The molecule has 3 aromatic heterocycles. The normalized spacial score (nSPS) is 13.0. The molecule has 10 heteroatoms. The quantitative estimate of drug-likeness (QED) is 0.589. The standard InChI is InChI=1S/C21H22F3N7.C2H6/c1-13-20(26-8-7-25-13)31-9-6-16-14(12-31)10-18(30(2)3)29-19(16)28-15-4-5-17(27-11-15)21(22,23)24;1-2/h4-5,7-8,10-11H,6,9,12H2,1-3H3,(H,28,29);1-2H3. The van der Waals surface area contributed by atoms with Gasteiger partial charge in [-0.3, -0.25) is 4.98 Å². The highest BCUT2D eigenvalue weighted by Gasteiger charge is 2.32. The van der Waals surface area contributed by atoms with Gasteiger partial charge in [0.2, 0.25) is 0 Å². The molecule has 7 nitrogen and oxygen atoms in total. The van der Waals surface area contributed by atoms with E-state index < -0.39 is 11.9 Å². The molecule has 4 rings (SSSR count). The van der Waals surface area contributed by atoms with Crippen molar-refractivity contribution in [2.75, 3.05) is 35.8 Å². The fraction of sp³-hybridized carbons (Fsp3) is 0.391. The van der Waals surface area contributed by atoms with Gasteiger partial charge in [-0.2, -0.15) is 13.2 Å². The molecular formula is C23H28F3N7. The minimum atomic E-state index is -4.47. The Kier molecular flexibility index (Phi) is 7.35. The predicted octanol–water partition coefficient (Wildman–Crippen LogP) is 4.99. The first-order valence-electron chi connectivity index (χ1n) is 10.8. The van der Waals surface area contributed by atoms with Gasteiger partial charge in [-0.25, -0.2) is 15.0 Å². The van der Waals surface area contributed by atoms with E-state index in [1.54, 1.807) is 12.4 Å². The smallest absolute Gasteiger partial charge is 0.363 e. The molecule has 0 atom stereocenters. The van der Waals surface area contributed by atoms with E-state index in [0.29, 0.717) is 24.5 Å². The third-order valence-corrected chi connectivity index (χ3v) is 5.13. The topological polar surface area (TPSA) is 70.1 Å². The Morgan fingerprint density at radius 2 is 1.79 bits per heavy atom. The maximum absolute atomic E-state index is 12.8. The number of aromatic nitrogens is 4. The number of rotatable bonds is 4. The lowest BCUT2D eigenvalue weighted by Crippen LogP contribution is -2.32. The minimum absolute atomic E-state index is 0.450. The molecule has 0 unspecified atom stereocenters. The fourth-order valence-electron chi connectivity index (χ4n) is 3.56. The maximum atomic E-state index is 12.8. The van der Waals surface area contributed by atoms with Gasteiger partial charge < -0.3 is 15.1 Å². The Hall–Kier alpha value is -3.43. The average Bonchev–Trinajstić information content (AvgIpc) is 2.80. The highest BCUT2D eigenvalue weighted by Crippen LogP contribution is 2.33. The number of hydrogen-bond acceptors (Lipinski definition) is 7. The van der Waals surface area contributed by atoms with E-state index in [4.69, 9.17) is 0 Å². The molecule has 0 saturated carbocycles. The molecule has 0 aromatic carbocycles. The first-order chi connectivity index (χ1) is 15.7. The summed E-state index contributed by atoms with van der Waals surface area (Å²) in [4.78, 5) is 21.1. The molecule has 1 aliphatic heterocycles. The number of hydrogen-bond donors (Lipinski definition) is 1. The molecule has 0 spiro atoms. The number of aryl methyl sites for hydroxylation is 1. The van der Waals surface area contributed by atoms with Crippen LogP contribution in [0.4, 0.5) is 36.3 Å². The van der Waals surface area contributed by atoms with E-state index in [9.17, 15) is 13.2 Å². The zero-order chi connectivity index (χ0) is 24.2. The Balaban J connectivity index is 0.00000149. The van der Waals surface area contributed by atoms with Crippen LogP contribution in [0.25, 0.3) is 0 Å². The number of alkyl halides is 3. The molecule has 33 heavy (non-hydrogen) atoms. The lowest BCUT2D eigenvalue weighted by atomic mass is 10.00. The molecule has 4 heterocycles. The Labute approximate surface area is 191 Å². The van der Waals surface area contributed by atoms with Gasteiger partial charge in [0.25, 0.3) is 0 Å². The minimum Gasteiger partial charge on any atom is -0.363 e.